The monoisotopic (exact) mass is 671 g/mol. The Labute approximate surface area is 270 Å². The van der Waals surface area contributed by atoms with E-state index in [1.54, 1.807) is 30.3 Å². The molecule has 3 N–H and O–H groups in total. The van der Waals surface area contributed by atoms with Gasteiger partial charge in [0.2, 0.25) is 0 Å². The number of nitro benzene ring substituents is 2. The zero-order chi connectivity index (χ0) is 35.1. The first kappa shape index (κ1) is 35.2. The normalized spacial score (nSPS) is 11.2. The van der Waals surface area contributed by atoms with Crippen molar-refractivity contribution in [1.82, 2.24) is 29.8 Å². The number of nitrogens with two attached hydrogens (primary N) is 1. The van der Waals surface area contributed by atoms with Gasteiger partial charge in [-0.2, -0.15) is 15.3 Å². The predicted octanol–water partition coefficient (Wildman–Crippen LogP) is 7.25. The number of alkyl halides is 4. The second-order valence-electron chi connectivity index (χ2n) is 10.5. The standard InChI is InChI=1S/C11H11F2N3O2.C11H13F2N3.C9H9N3O2/c1-2-9-8-5-7(16(17)18)3-4-10(8)15(14-9)6-11(12)13;1-2-9-8-5-7(14)3-4-10(8)16(15-9)6-11(12)13;1-2-8-7-5-6(12(13)14)3-4-9(7)11-10-8/h3-5,11H,2,6H2,1H3;3-5,11H,2,6,14H2,1H3;3-5H,2H2,1H3,(H,10,11). The van der Waals surface area contributed by atoms with Crippen molar-refractivity contribution in [3.05, 3.63) is 91.9 Å². The van der Waals surface area contributed by atoms with Crippen LogP contribution < -0.4 is 5.73 Å². The third kappa shape index (κ3) is 8.02. The number of nitrogens with one attached hydrogen (secondary N) is 1. The van der Waals surface area contributed by atoms with E-state index in [0.29, 0.717) is 40.6 Å². The number of halogens is 4. The fourth-order valence-electron chi connectivity index (χ4n) is 5.11. The summed E-state index contributed by atoms with van der Waals surface area (Å²) < 4.78 is 52.1. The lowest BCUT2D eigenvalue weighted by Gasteiger charge is -2.01. The molecule has 0 radical (unpaired) electrons. The van der Waals surface area contributed by atoms with E-state index in [9.17, 15) is 37.8 Å². The molecule has 0 amide bonds. The number of hydrogen-bond acceptors (Lipinski definition) is 8. The molecule has 0 aliphatic carbocycles. The van der Waals surface area contributed by atoms with Crippen LogP contribution in [0.3, 0.4) is 0 Å². The summed E-state index contributed by atoms with van der Waals surface area (Å²) in [5, 5.41) is 38.6. The number of aromatic amines is 1. The second kappa shape index (κ2) is 15.3. The topological polar surface area (TPSA) is 177 Å². The van der Waals surface area contributed by atoms with Crippen LogP contribution in [0.2, 0.25) is 0 Å². The molecule has 17 heteroatoms. The molecule has 3 aromatic carbocycles. The van der Waals surface area contributed by atoms with Crippen molar-refractivity contribution < 1.29 is 27.4 Å². The Hall–Kier alpha value is -5.61. The van der Waals surface area contributed by atoms with Gasteiger partial charge >= 0.3 is 0 Å². The number of non-ortho nitro benzene ring substituents is 2. The minimum Gasteiger partial charge on any atom is -0.399 e. The lowest BCUT2D eigenvalue weighted by Crippen LogP contribution is -2.08. The summed E-state index contributed by atoms with van der Waals surface area (Å²) in [6.07, 6.45) is -2.87. The second-order valence-corrected chi connectivity index (χ2v) is 10.5. The van der Waals surface area contributed by atoms with Crippen LogP contribution in [-0.2, 0) is 32.4 Å². The quantitative estimate of drug-likeness (QED) is 0.0699. The highest BCUT2D eigenvalue weighted by Crippen LogP contribution is 2.26. The van der Waals surface area contributed by atoms with Gasteiger partial charge in [-0.15, -0.1) is 0 Å². The van der Waals surface area contributed by atoms with Gasteiger partial charge in [0.1, 0.15) is 13.1 Å². The summed E-state index contributed by atoms with van der Waals surface area (Å²) in [5.74, 6) is 0. The highest BCUT2D eigenvalue weighted by molar-refractivity contribution is 5.86. The van der Waals surface area contributed by atoms with Gasteiger partial charge in [0.05, 0.1) is 37.8 Å². The van der Waals surface area contributed by atoms with E-state index >= 15 is 0 Å². The molecule has 254 valence electrons. The van der Waals surface area contributed by atoms with Gasteiger partial charge in [0.25, 0.3) is 24.2 Å². The van der Waals surface area contributed by atoms with Gasteiger partial charge in [-0.3, -0.25) is 34.7 Å². The van der Waals surface area contributed by atoms with Crippen LogP contribution in [0.15, 0.2) is 54.6 Å². The van der Waals surface area contributed by atoms with Crippen molar-refractivity contribution >= 4 is 49.8 Å². The third-order valence-electron chi connectivity index (χ3n) is 7.34. The highest BCUT2D eigenvalue weighted by Gasteiger charge is 2.17. The Morgan fingerprint density at radius 1 is 0.729 bits per heavy atom. The van der Waals surface area contributed by atoms with Gasteiger partial charge in [-0.05, 0) is 49.6 Å². The number of nitrogen functional groups attached to an aromatic ring is 1. The number of benzene rings is 3. The summed E-state index contributed by atoms with van der Waals surface area (Å²) >= 11 is 0. The SMILES string of the molecule is CCc1[nH]nc2ccc([N+](=O)[O-])cc12.CCc1nn(CC(F)F)c2ccc(N)cc12.CCc1nn(CC(F)F)c2ccc([N+](=O)[O-])cc12. The number of hydrogen-bond donors (Lipinski definition) is 2. The number of nitrogens with zero attached hydrogens (tertiary/aromatic N) is 7. The maximum atomic E-state index is 12.4. The molecular formula is C31H33F4N9O4. The van der Waals surface area contributed by atoms with Crippen LogP contribution in [0.4, 0.5) is 34.6 Å². The molecule has 0 spiro atoms. The van der Waals surface area contributed by atoms with Crippen molar-refractivity contribution in [2.45, 2.75) is 66.0 Å². The molecule has 3 aromatic heterocycles. The number of aromatic nitrogens is 6. The minimum atomic E-state index is -2.51. The van der Waals surface area contributed by atoms with Crippen LogP contribution in [-0.4, -0.2) is 52.5 Å². The minimum absolute atomic E-state index is 0.0613. The molecule has 0 unspecified atom stereocenters. The van der Waals surface area contributed by atoms with Crippen molar-refractivity contribution in [1.29, 1.82) is 0 Å². The lowest BCUT2D eigenvalue weighted by atomic mass is 10.1. The predicted molar refractivity (Wildman–Crippen MR) is 173 cm³/mol. The molecular weight excluding hydrogens is 638 g/mol. The van der Waals surface area contributed by atoms with Gasteiger partial charge in [0, 0.05) is 51.8 Å². The third-order valence-corrected chi connectivity index (χ3v) is 7.34. The van der Waals surface area contributed by atoms with Crippen LogP contribution in [0.5, 0.6) is 0 Å². The first-order chi connectivity index (χ1) is 22.9. The van der Waals surface area contributed by atoms with E-state index in [1.165, 1.54) is 33.6 Å². The van der Waals surface area contributed by atoms with Crippen molar-refractivity contribution in [2.24, 2.45) is 0 Å². The number of rotatable bonds is 9. The number of H-pyrrole nitrogens is 1. The lowest BCUT2D eigenvalue weighted by molar-refractivity contribution is -0.384. The molecule has 6 aromatic rings. The van der Waals surface area contributed by atoms with E-state index < -0.39 is 29.2 Å². The van der Waals surface area contributed by atoms with Gasteiger partial charge in [-0.1, -0.05) is 20.8 Å². The van der Waals surface area contributed by atoms with Gasteiger partial charge in [-0.25, -0.2) is 17.6 Å². The molecule has 0 saturated carbocycles. The largest absolute Gasteiger partial charge is 0.399 e. The highest BCUT2D eigenvalue weighted by atomic mass is 19.3. The van der Waals surface area contributed by atoms with E-state index in [1.807, 2.05) is 20.8 Å². The van der Waals surface area contributed by atoms with Crippen LogP contribution in [0.25, 0.3) is 32.7 Å². The molecule has 0 aliphatic heterocycles. The Balaban J connectivity index is 0.000000164. The molecule has 6 rings (SSSR count). The van der Waals surface area contributed by atoms with E-state index in [2.05, 4.69) is 20.4 Å². The van der Waals surface area contributed by atoms with Crippen LogP contribution in [0, 0.1) is 20.2 Å². The number of fused-ring (bicyclic) bond motifs is 3. The molecule has 0 fully saturated rings. The molecule has 0 saturated heterocycles. The van der Waals surface area contributed by atoms with Crippen LogP contribution in [0.1, 0.15) is 37.9 Å². The molecule has 13 nitrogen and oxygen atoms in total. The summed E-state index contributed by atoms with van der Waals surface area (Å²) in [7, 11) is 0. The molecule has 48 heavy (non-hydrogen) atoms. The Kier molecular flexibility index (Phi) is 11.2. The molecule has 0 atom stereocenters. The number of aryl methyl sites for hydroxylation is 3. The maximum Gasteiger partial charge on any atom is 0.270 e. The Bertz CT molecular complexity index is 2060. The fourth-order valence-corrected chi connectivity index (χ4v) is 5.11. The zero-order valence-electron chi connectivity index (χ0n) is 26.2. The summed E-state index contributed by atoms with van der Waals surface area (Å²) in [6, 6.07) is 14.0. The average Bonchev–Trinajstić information content (AvgIpc) is 3.73. The maximum absolute atomic E-state index is 12.4. The van der Waals surface area contributed by atoms with E-state index in [-0.39, 0.29) is 17.9 Å². The summed E-state index contributed by atoms with van der Waals surface area (Å²) in [4.78, 5) is 20.3. The molecule has 0 bridgehead atoms. The molecule has 3 heterocycles. The average molecular weight is 672 g/mol. The fraction of sp³-hybridized carbons (Fsp3) is 0.323. The summed E-state index contributed by atoms with van der Waals surface area (Å²) in [6.45, 7) is 4.87. The first-order valence-electron chi connectivity index (χ1n) is 14.9. The Morgan fingerprint density at radius 2 is 1.21 bits per heavy atom. The van der Waals surface area contributed by atoms with Crippen molar-refractivity contribution in [3.8, 4) is 0 Å². The molecule has 0 aliphatic rings. The zero-order valence-corrected chi connectivity index (χ0v) is 26.2. The summed E-state index contributed by atoms with van der Waals surface area (Å²) in [5.41, 5.74) is 10.7. The van der Waals surface area contributed by atoms with Gasteiger partial charge < -0.3 is 5.73 Å². The van der Waals surface area contributed by atoms with Gasteiger partial charge in [0.15, 0.2) is 0 Å². The number of nitro groups is 2. The van der Waals surface area contributed by atoms with Crippen molar-refractivity contribution in [3.63, 3.8) is 0 Å². The first-order valence-corrected chi connectivity index (χ1v) is 14.9. The number of anilines is 1. The van der Waals surface area contributed by atoms with E-state index in [4.69, 9.17) is 5.73 Å². The smallest absolute Gasteiger partial charge is 0.270 e. The van der Waals surface area contributed by atoms with Crippen molar-refractivity contribution in [2.75, 3.05) is 5.73 Å². The Morgan fingerprint density at radius 3 is 1.69 bits per heavy atom. The van der Waals surface area contributed by atoms with E-state index in [0.717, 1.165) is 34.1 Å². The van der Waals surface area contributed by atoms with Crippen LogP contribution >= 0.6 is 0 Å².